The fourth-order valence-corrected chi connectivity index (χ4v) is 2.31. The Balaban J connectivity index is 3.44. The lowest BCUT2D eigenvalue weighted by Gasteiger charge is -2.10. The lowest BCUT2D eigenvalue weighted by Crippen LogP contribution is -2.13. The summed E-state index contributed by atoms with van der Waals surface area (Å²) in [6.07, 6.45) is -1.22. The van der Waals surface area contributed by atoms with Crippen LogP contribution in [-0.2, 0) is 6.18 Å². The van der Waals surface area contributed by atoms with Crippen LogP contribution in [0.3, 0.4) is 0 Å². The van der Waals surface area contributed by atoms with Gasteiger partial charge in [-0.2, -0.15) is 23.7 Å². The van der Waals surface area contributed by atoms with Crippen molar-refractivity contribution in [3.05, 3.63) is 26.8 Å². The van der Waals surface area contributed by atoms with Gasteiger partial charge in [0.15, 0.2) is 11.4 Å². The van der Waals surface area contributed by atoms with Gasteiger partial charge in [0.1, 0.15) is 6.07 Å². The van der Waals surface area contributed by atoms with E-state index in [1.54, 1.807) is 41.1 Å². The number of hydrogen-bond donors (Lipinski definition) is 1. The van der Waals surface area contributed by atoms with Crippen molar-refractivity contribution >= 4 is 45.2 Å². The molecule has 0 fully saturated rings. The van der Waals surface area contributed by atoms with E-state index in [9.17, 15) is 13.2 Å². The predicted molar refractivity (Wildman–Crippen MR) is 78.2 cm³/mol. The third-order valence-electron chi connectivity index (χ3n) is 2.08. The molecule has 0 radical (unpaired) electrons. The molecular formula is C11H6F3IN4S. The zero-order valence-electron chi connectivity index (χ0n) is 9.92. The highest BCUT2D eigenvalue weighted by Crippen LogP contribution is 2.35. The first-order valence-corrected chi connectivity index (χ1v) is 7.22. The van der Waals surface area contributed by atoms with E-state index in [2.05, 4.69) is 10.3 Å². The van der Waals surface area contributed by atoms with Gasteiger partial charge < -0.3 is 0 Å². The van der Waals surface area contributed by atoms with Crippen molar-refractivity contribution in [3.63, 3.8) is 0 Å². The third kappa shape index (κ3) is 4.02. The van der Waals surface area contributed by atoms with Crippen LogP contribution in [0.2, 0.25) is 0 Å². The average Bonchev–Trinajstić information content (AvgIpc) is 2.38. The van der Waals surface area contributed by atoms with E-state index in [0.717, 1.165) is 23.9 Å². The molecule has 1 aromatic rings. The van der Waals surface area contributed by atoms with Gasteiger partial charge in [-0.25, -0.2) is 4.99 Å². The fraction of sp³-hybridized carbons (Fsp3) is 0.182. The van der Waals surface area contributed by atoms with Crippen molar-refractivity contribution in [2.45, 2.75) is 6.18 Å². The van der Waals surface area contributed by atoms with E-state index in [1.165, 1.54) is 0 Å². The van der Waals surface area contributed by atoms with Crippen LogP contribution in [0.4, 0.5) is 18.9 Å². The summed E-state index contributed by atoms with van der Waals surface area (Å²) in [5, 5.41) is 20.0. The molecule has 0 atom stereocenters. The van der Waals surface area contributed by atoms with Gasteiger partial charge >= 0.3 is 6.18 Å². The van der Waals surface area contributed by atoms with E-state index < -0.39 is 11.7 Å². The smallest absolute Gasteiger partial charge is 0.271 e. The molecule has 1 aromatic carbocycles. The average molecular weight is 410 g/mol. The number of rotatable bonds is 1. The largest absolute Gasteiger partial charge is 0.416 e. The summed E-state index contributed by atoms with van der Waals surface area (Å²) in [5.41, 5.74) is -1.000. The minimum Gasteiger partial charge on any atom is -0.271 e. The molecule has 0 aromatic heterocycles. The maximum absolute atomic E-state index is 12.7. The number of alkyl halides is 3. The molecule has 0 unspecified atom stereocenters. The van der Waals surface area contributed by atoms with E-state index in [-0.39, 0.29) is 20.0 Å². The first-order valence-electron chi connectivity index (χ1n) is 4.92. The molecule has 0 spiro atoms. The van der Waals surface area contributed by atoms with Crippen molar-refractivity contribution < 1.29 is 13.2 Å². The second kappa shape index (κ2) is 6.81. The molecule has 0 aliphatic heterocycles. The number of thioether (sulfide) groups is 1. The summed E-state index contributed by atoms with van der Waals surface area (Å²) >= 11 is 2.78. The molecule has 1 N–H and O–H groups in total. The fourth-order valence-electron chi connectivity index (χ4n) is 1.24. The molecule has 1 rings (SSSR count). The Hall–Kier alpha value is -1.46. The number of nitriles is 2. The molecule has 9 heteroatoms. The molecule has 0 saturated carbocycles. The van der Waals surface area contributed by atoms with Crippen molar-refractivity contribution in [1.29, 1.82) is 10.5 Å². The van der Waals surface area contributed by atoms with Crippen LogP contribution in [-0.4, -0.2) is 11.4 Å². The van der Waals surface area contributed by atoms with Crippen molar-refractivity contribution in [2.24, 2.45) is 4.99 Å². The molecule has 104 valence electrons. The molecule has 4 nitrogen and oxygen atoms in total. The molecule has 20 heavy (non-hydrogen) atoms. The molecule has 0 bridgehead atoms. The lowest BCUT2D eigenvalue weighted by molar-refractivity contribution is -0.137. The van der Waals surface area contributed by atoms with E-state index in [1.807, 2.05) is 0 Å². The summed E-state index contributed by atoms with van der Waals surface area (Å²) in [5.74, 6) is 0. The zero-order chi connectivity index (χ0) is 15.3. The Morgan fingerprint density at radius 2 is 2.05 bits per heavy atom. The van der Waals surface area contributed by atoms with Crippen LogP contribution in [0.15, 0.2) is 17.1 Å². The van der Waals surface area contributed by atoms with Gasteiger partial charge in [-0.15, -0.1) is 0 Å². The monoisotopic (exact) mass is 410 g/mol. The maximum Gasteiger partial charge on any atom is 0.416 e. The molecule has 0 saturated heterocycles. The third-order valence-corrected chi connectivity index (χ3v) is 3.48. The van der Waals surface area contributed by atoms with Gasteiger partial charge in [-0.3, -0.25) is 5.32 Å². The second-order valence-electron chi connectivity index (χ2n) is 3.32. The highest BCUT2D eigenvalue weighted by Gasteiger charge is 2.32. The number of hydrogen-bond acceptors (Lipinski definition) is 4. The normalized spacial score (nSPS) is 11.7. The highest BCUT2D eigenvalue weighted by atomic mass is 127. The highest BCUT2D eigenvalue weighted by molar-refractivity contribution is 14.1. The van der Waals surface area contributed by atoms with E-state index in [0.29, 0.717) is 0 Å². The van der Waals surface area contributed by atoms with Crippen LogP contribution in [0.25, 0.3) is 0 Å². The number of nitrogens with zero attached hydrogens (tertiary/aromatic N) is 3. The number of nitrogens with one attached hydrogen (secondary N) is 1. The van der Waals surface area contributed by atoms with Gasteiger partial charge in [0.2, 0.25) is 0 Å². The number of benzene rings is 1. The SMILES string of the molecule is CSC(=Nc1c(I)cc(C(F)(F)F)cc1C#N)NC#N. The lowest BCUT2D eigenvalue weighted by atomic mass is 10.1. The van der Waals surface area contributed by atoms with Crippen LogP contribution >= 0.6 is 34.4 Å². The molecule has 0 heterocycles. The van der Waals surface area contributed by atoms with Crippen LogP contribution < -0.4 is 5.32 Å². The standard InChI is InChI=1S/C11H6F3IN4S/c1-20-10(18-5-17)19-9-6(4-16)2-7(3-8(9)15)11(12,13)14/h2-3H,1H3,(H,18,19). The Bertz CT molecular complexity index is 628. The maximum atomic E-state index is 12.7. The summed E-state index contributed by atoms with van der Waals surface area (Å²) in [6.45, 7) is 0. The minimum atomic E-state index is -4.53. The van der Waals surface area contributed by atoms with Crippen LogP contribution in [0, 0.1) is 26.4 Å². The summed E-state index contributed by atoms with van der Waals surface area (Å²) in [7, 11) is 0. The predicted octanol–water partition coefficient (Wildman–Crippen LogP) is 3.60. The first kappa shape index (κ1) is 16.6. The summed E-state index contributed by atoms with van der Waals surface area (Å²) < 4.78 is 38.2. The Kier molecular flexibility index (Phi) is 5.65. The van der Waals surface area contributed by atoms with E-state index >= 15 is 0 Å². The quantitative estimate of drug-likeness (QED) is 0.253. The van der Waals surface area contributed by atoms with E-state index in [4.69, 9.17) is 10.5 Å². The summed E-state index contributed by atoms with van der Waals surface area (Å²) in [4.78, 5) is 4.01. The van der Waals surface area contributed by atoms with Gasteiger partial charge in [0, 0.05) is 3.57 Å². The van der Waals surface area contributed by atoms with Crippen LogP contribution in [0.5, 0.6) is 0 Å². The molecule has 0 aliphatic carbocycles. The zero-order valence-corrected chi connectivity index (χ0v) is 12.9. The number of halogens is 4. The molecular weight excluding hydrogens is 404 g/mol. The summed E-state index contributed by atoms with van der Waals surface area (Å²) in [6, 6.07) is 3.34. The van der Waals surface area contributed by atoms with Gasteiger partial charge in [0.05, 0.1) is 16.8 Å². The molecule has 0 amide bonds. The second-order valence-corrected chi connectivity index (χ2v) is 5.28. The number of amidine groups is 1. The Labute approximate surface area is 130 Å². The van der Waals surface area contributed by atoms with Gasteiger partial charge in [-0.1, -0.05) is 11.8 Å². The van der Waals surface area contributed by atoms with Gasteiger partial charge in [0.25, 0.3) is 0 Å². The van der Waals surface area contributed by atoms with Crippen molar-refractivity contribution in [2.75, 3.05) is 6.26 Å². The Morgan fingerprint density at radius 1 is 1.40 bits per heavy atom. The van der Waals surface area contributed by atoms with Crippen molar-refractivity contribution in [3.8, 4) is 12.3 Å². The van der Waals surface area contributed by atoms with Crippen molar-refractivity contribution in [1.82, 2.24) is 5.32 Å². The Morgan fingerprint density at radius 3 is 2.50 bits per heavy atom. The van der Waals surface area contributed by atoms with Crippen LogP contribution in [0.1, 0.15) is 11.1 Å². The topological polar surface area (TPSA) is 72.0 Å². The first-order chi connectivity index (χ1) is 9.33. The minimum absolute atomic E-state index is 0.105. The molecule has 0 aliphatic rings. The van der Waals surface area contributed by atoms with Gasteiger partial charge in [-0.05, 0) is 41.0 Å². The number of aliphatic imine (C=N–C) groups is 1.